The molecular formula is C20H26F2N4O2S. The van der Waals surface area contributed by atoms with Crippen LogP contribution in [0, 0.1) is 25.5 Å². The maximum Gasteiger partial charge on any atom is 0.152 e. The lowest BCUT2D eigenvalue weighted by Gasteiger charge is -2.36. The van der Waals surface area contributed by atoms with Crippen LogP contribution in [0.2, 0.25) is 0 Å². The molecule has 29 heavy (non-hydrogen) atoms. The van der Waals surface area contributed by atoms with E-state index in [-0.39, 0.29) is 17.5 Å². The van der Waals surface area contributed by atoms with Gasteiger partial charge in [-0.1, -0.05) is 0 Å². The molecule has 0 spiro atoms. The van der Waals surface area contributed by atoms with E-state index in [2.05, 4.69) is 14.9 Å². The molecule has 2 aromatic rings. The molecular weight excluding hydrogens is 398 g/mol. The SMILES string of the molecule is Cc1nn(C2CCS(=O)(=O)C2)c(C)c1N1CCN(Cc2cc(F)cc(F)c2)CC1. The number of rotatable bonds is 4. The first kappa shape index (κ1) is 20.3. The number of aromatic nitrogens is 2. The number of piperazine rings is 1. The van der Waals surface area contributed by atoms with E-state index in [0.29, 0.717) is 18.5 Å². The summed E-state index contributed by atoms with van der Waals surface area (Å²) in [6, 6.07) is 3.56. The van der Waals surface area contributed by atoms with Crippen molar-refractivity contribution in [3.8, 4) is 0 Å². The highest BCUT2D eigenvalue weighted by Gasteiger charge is 2.32. The Balaban J connectivity index is 1.43. The first-order valence-corrected chi connectivity index (χ1v) is 11.7. The Morgan fingerprint density at radius 2 is 1.72 bits per heavy atom. The zero-order valence-electron chi connectivity index (χ0n) is 16.7. The molecule has 1 unspecified atom stereocenters. The molecule has 6 nitrogen and oxygen atoms in total. The summed E-state index contributed by atoms with van der Waals surface area (Å²) in [6.07, 6.45) is 0.613. The Kier molecular flexibility index (Phi) is 5.37. The van der Waals surface area contributed by atoms with Crippen molar-refractivity contribution in [1.82, 2.24) is 14.7 Å². The first-order valence-electron chi connectivity index (χ1n) is 9.90. The zero-order valence-corrected chi connectivity index (χ0v) is 17.6. The second-order valence-corrected chi connectivity index (χ2v) is 10.3. The van der Waals surface area contributed by atoms with E-state index in [1.54, 1.807) is 0 Å². The Hall–Kier alpha value is -2.00. The minimum absolute atomic E-state index is 0.0865. The highest BCUT2D eigenvalue weighted by Crippen LogP contribution is 2.31. The van der Waals surface area contributed by atoms with Gasteiger partial charge in [-0.15, -0.1) is 0 Å². The average Bonchev–Trinajstić information content (AvgIpc) is 3.13. The molecule has 0 aliphatic carbocycles. The molecule has 0 N–H and O–H groups in total. The predicted octanol–water partition coefficient (Wildman–Crippen LogP) is 2.46. The van der Waals surface area contributed by atoms with E-state index in [9.17, 15) is 17.2 Å². The van der Waals surface area contributed by atoms with Gasteiger partial charge in [-0.05, 0) is 38.0 Å². The largest absolute Gasteiger partial charge is 0.366 e. The van der Waals surface area contributed by atoms with Crippen molar-refractivity contribution in [3.05, 3.63) is 46.8 Å². The van der Waals surface area contributed by atoms with Crippen molar-refractivity contribution in [2.24, 2.45) is 0 Å². The third-order valence-corrected chi connectivity index (χ3v) is 7.61. The van der Waals surface area contributed by atoms with Crippen molar-refractivity contribution >= 4 is 15.5 Å². The zero-order chi connectivity index (χ0) is 20.8. The van der Waals surface area contributed by atoms with Gasteiger partial charge in [0.2, 0.25) is 0 Å². The van der Waals surface area contributed by atoms with Crippen molar-refractivity contribution < 1.29 is 17.2 Å². The molecule has 2 aliphatic heterocycles. The Bertz CT molecular complexity index is 993. The van der Waals surface area contributed by atoms with Crippen LogP contribution in [-0.4, -0.2) is 60.8 Å². The number of aryl methyl sites for hydroxylation is 1. The fourth-order valence-corrected chi connectivity index (χ4v) is 6.22. The molecule has 1 aromatic heterocycles. The highest BCUT2D eigenvalue weighted by molar-refractivity contribution is 7.91. The number of halogens is 2. The summed E-state index contributed by atoms with van der Waals surface area (Å²) in [5.41, 5.74) is 3.63. The van der Waals surface area contributed by atoms with Gasteiger partial charge in [-0.3, -0.25) is 9.58 Å². The molecule has 1 atom stereocenters. The van der Waals surface area contributed by atoms with Crippen molar-refractivity contribution in [2.75, 3.05) is 42.6 Å². The van der Waals surface area contributed by atoms with Gasteiger partial charge >= 0.3 is 0 Å². The third-order valence-electron chi connectivity index (χ3n) is 5.86. The van der Waals surface area contributed by atoms with E-state index in [1.807, 2.05) is 18.5 Å². The second-order valence-electron chi connectivity index (χ2n) is 8.06. The number of benzene rings is 1. The van der Waals surface area contributed by atoms with Crippen LogP contribution in [0.5, 0.6) is 0 Å². The van der Waals surface area contributed by atoms with Crippen LogP contribution in [0.3, 0.4) is 0 Å². The smallest absolute Gasteiger partial charge is 0.152 e. The summed E-state index contributed by atoms with van der Waals surface area (Å²) in [7, 11) is -2.97. The monoisotopic (exact) mass is 424 g/mol. The van der Waals surface area contributed by atoms with Crippen LogP contribution >= 0.6 is 0 Å². The average molecular weight is 425 g/mol. The molecule has 0 saturated carbocycles. The Labute approximate surface area is 170 Å². The molecule has 0 amide bonds. The molecule has 1 aromatic carbocycles. The summed E-state index contributed by atoms with van der Waals surface area (Å²) >= 11 is 0. The van der Waals surface area contributed by atoms with Gasteiger partial charge in [0.25, 0.3) is 0 Å². The third kappa shape index (κ3) is 4.30. The number of anilines is 1. The molecule has 4 rings (SSSR count). The molecule has 0 radical (unpaired) electrons. The van der Waals surface area contributed by atoms with Crippen LogP contribution in [0.4, 0.5) is 14.5 Å². The fraction of sp³-hybridized carbons (Fsp3) is 0.550. The topological polar surface area (TPSA) is 58.4 Å². The van der Waals surface area contributed by atoms with Crippen LogP contribution in [0.15, 0.2) is 18.2 Å². The standard InChI is InChI=1S/C20H26F2N4O2S/c1-14-20(15(2)26(23-14)19-3-8-29(27,28)13-19)25-6-4-24(5-7-25)12-16-9-17(21)11-18(22)10-16/h9-11,19H,3-8,12-13H2,1-2H3. The minimum atomic E-state index is -2.97. The highest BCUT2D eigenvalue weighted by atomic mass is 32.2. The lowest BCUT2D eigenvalue weighted by molar-refractivity contribution is 0.249. The van der Waals surface area contributed by atoms with Gasteiger partial charge in [-0.2, -0.15) is 5.10 Å². The molecule has 9 heteroatoms. The Morgan fingerprint density at radius 3 is 2.31 bits per heavy atom. The molecule has 158 valence electrons. The van der Waals surface area contributed by atoms with E-state index < -0.39 is 21.5 Å². The van der Waals surface area contributed by atoms with Gasteiger partial charge in [0.1, 0.15) is 11.6 Å². The number of sulfone groups is 1. The van der Waals surface area contributed by atoms with E-state index in [4.69, 9.17) is 0 Å². The van der Waals surface area contributed by atoms with Gasteiger partial charge in [0.05, 0.1) is 34.6 Å². The molecule has 2 saturated heterocycles. The predicted molar refractivity (Wildman–Crippen MR) is 108 cm³/mol. The maximum atomic E-state index is 13.4. The summed E-state index contributed by atoms with van der Waals surface area (Å²) in [5, 5.41) is 4.65. The van der Waals surface area contributed by atoms with Crippen LogP contribution in [0.1, 0.15) is 29.4 Å². The second kappa shape index (κ2) is 7.68. The van der Waals surface area contributed by atoms with Crippen molar-refractivity contribution in [1.29, 1.82) is 0 Å². The van der Waals surface area contributed by atoms with Gasteiger partial charge in [0.15, 0.2) is 9.84 Å². The fourth-order valence-electron chi connectivity index (χ4n) is 4.53. The van der Waals surface area contributed by atoms with E-state index in [1.165, 1.54) is 12.1 Å². The van der Waals surface area contributed by atoms with E-state index in [0.717, 1.165) is 49.3 Å². The normalized spacial score (nSPS) is 22.3. The summed E-state index contributed by atoms with van der Waals surface area (Å²) < 4.78 is 52.4. The van der Waals surface area contributed by atoms with Crippen LogP contribution in [0.25, 0.3) is 0 Å². The first-order chi connectivity index (χ1) is 13.7. The summed E-state index contributed by atoms with van der Waals surface area (Å²) in [6.45, 7) is 7.61. The molecule has 0 bridgehead atoms. The summed E-state index contributed by atoms with van der Waals surface area (Å²) in [4.78, 5) is 4.46. The molecule has 3 heterocycles. The quantitative estimate of drug-likeness (QED) is 0.755. The van der Waals surface area contributed by atoms with Gasteiger partial charge < -0.3 is 4.90 Å². The minimum Gasteiger partial charge on any atom is -0.366 e. The lowest BCUT2D eigenvalue weighted by atomic mass is 10.1. The molecule has 2 fully saturated rings. The van der Waals surface area contributed by atoms with Gasteiger partial charge in [0, 0.05) is 38.8 Å². The maximum absolute atomic E-state index is 13.4. The summed E-state index contributed by atoms with van der Waals surface area (Å²) in [5.74, 6) is -0.714. The lowest BCUT2D eigenvalue weighted by Crippen LogP contribution is -2.46. The number of hydrogen-bond acceptors (Lipinski definition) is 5. The number of nitrogens with zero attached hydrogens (tertiary/aromatic N) is 4. The Morgan fingerprint density at radius 1 is 1.07 bits per heavy atom. The van der Waals surface area contributed by atoms with Crippen molar-refractivity contribution in [2.45, 2.75) is 32.9 Å². The molecule has 2 aliphatic rings. The van der Waals surface area contributed by atoms with E-state index >= 15 is 0 Å². The van der Waals surface area contributed by atoms with Gasteiger partial charge in [-0.25, -0.2) is 17.2 Å². The number of hydrogen-bond donors (Lipinski definition) is 0. The van der Waals surface area contributed by atoms with Crippen molar-refractivity contribution in [3.63, 3.8) is 0 Å². The van der Waals surface area contributed by atoms with Crippen LogP contribution < -0.4 is 4.90 Å². The van der Waals surface area contributed by atoms with Crippen LogP contribution in [-0.2, 0) is 16.4 Å².